The number of ketones is 1. The van der Waals surface area contributed by atoms with Gasteiger partial charge in [-0.05, 0) is 108 Å². The summed E-state index contributed by atoms with van der Waals surface area (Å²) < 4.78 is 0. The third-order valence-corrected chi connectivity index (χ3v) is 10.6. The summed E-state index contributed by atoms with van der Waals surface area (Å²) in [6.07, 6.45) is 18.7. The van der Waals surface area contributed by atoms with Crippen LogP contribution in [-0.4, -0.2) is 50.6 Å². The van der Waals surface area contributed by atoms with Crippen LogP contribution in [0, 0.1) is 36.7 Å². The fraction of sp³-hybridized carbons (Fsp3) is 0.489. The second-order valence-corrected chi connectivity index (χ2v) is 14.3. The Bertz CT molecular complexity index is 1710. The molecule has 0 aliphatic carbocycles. The summed E-state index contributed by atoms with van der Waals surface area (Å²) in [5.41, 5.74) is 13.7. The Hall–Kier alpha value is -3.34. The van der Waals surface area contributed by atoms with E-state index in [0.717, 1.165) is 82.4 Å². The Balaban J connectivity index is 0.00000131. The second-order valence-electron chi connectivity index (χ2n) is 14.3. The summed E-state index contributed by atoms with van der Waals surface area (Å²) in [6, 6.07) is 0. The predicted molar refractivity (Wildman–Crippen MR) is 232 cm³/mol. The molecule has 3 aliphatic rings. The first kappa shape index (κ1) is 48.7. The molecule has 4 heterocycles. The van der Waals surface area contributed by atoms with Crippen LogP contribution in [0.3, 0.4) is 0 Å². The average Bonchev–Trinajstić information content (AvgIpc) is 3.73. The number of hydrogen-bond donors (Lipinski definition) is 1. The van der Waals surface area contributed by atoms with E-state index in [1.54, 1.807) is 6.92 Å². The van der Waals surface area contributed by atoms with Crippen LogP contribution in [0.5, 0.6) is 0 Å². The van der Waals surface area contributed by atoms with E-state index in [1.807, 2.05) is 46.0 Å². The molecule has 0 aromatic carbocycles. The maximum absolute atomic E-state index is 12.3. The number of aliphatic imine (C=N–C) groups is 1. The number of fused-ring (bicyclic) bond motifs is 5. The molecule has 1 saturated heterocycles. The largest absolute Gasteiger partial charge is 0.679 e. The van der Waals surface area contributed by atoms with Crippen LogP contribution in [0.1, 0.15) is 111 Å². The molecule has 0 saturated carbocycles. The fourth-order valence-corrected chi connectivity index (χ4v) is 7.34. The van der Waals surface area contributed by atoms with Gasteiger partial charge in [-0.1, -0.05) is 88.3 Å². The van der Waals surface area contributed by atoms with E-state index in [2.05, 4.69) is 110 Å². The van der Waals surface area contributed by atoms with Crippen LogP contribution >= 0.6 is 0 Å². The van der Waals surface area contributed by atoms with Crippen LogP contribution in [0.15, 0.2) is 88.4 Å². The van der Waals surface area contributed by atoms with Gasteiger partial charge in [0.15, 0.2) is 0 Å². The Labute approximate surface area is 343 Å². The smallest absolute Gasteiger partial charge is 0.129 e. The first-order valence-electron chi connectivity index (χ1n) is 19.5. The van der Waals surface area contributed by atoms with Crippen molar-refractivity contribution >= 4 is 29.2 Å². The van der Waals surface area contributed by atoms with Crippen molar-refractivity contribution in [2.24, 2.45) is 28.7 Å². The minimum absolute atomic E-state index is 0. The van der Waals surface area contributed by atoms with E-state index >= 15 is 0 Å². The number of carbonyl (C=O) groups excluding carboxylic acids is 1. The van der Waals surface area contributed by atoms with E-state index < -0.39 is 0 Å². The van der Waals surface area contributed by atoms with Gasteiger partial charge in [0, 0.05) is 39.9 Å². The maximum Gasteiger partial charge on any atom is 0.129 e. The van der Waals surface area contributed by atoms with Gasteiger partial charge in [0.1, 0.15) is 5.78 Å². The predicted octanol–water partition coefficient (Wildman–Crippen LogP) is 11.2. The molecule has 0 amide bonds. The van der Waals surface area contributed by atoms with Gasteiger partial charge in [0.2, 0.25) is 0 Å². The molecule has 54 heavy (non-hydrogen) atoms. The number of carbonyl (C=O) groups is 1. The minimum atomic E-state index is 0. The molecule has 300 valence electrons. The normalized spacial score (nSPS) is 25.9. The van der Waals surface area contributed by atoms with Crippen molar-refractivity contribution in [2.45, 2.75) is 94.9 Å². The molecule has 1 N–H and O–H groups in total. The molecule has 0 spiro atoms. The molecule has 6 bridgehead atoms. The van der Waals surface area contributed by atoms with Gasteiger partial charge in [-0.25, -0.2) is 22.3 Å². The van der Waals surface area contributed by atoms with Crippen molar-refractivity contribution < 1.29 is 25.2 Å². The number of nitrogens with one attached hydrogen (secondary N) is 1. The van der Waals surface area contributed by atoms with E-state index in [1.165, 1.54) is 16.7 Å². The van der Waals surface area contributed by atoms with Gasteiger partial charge in [-0.3, -0.25) is 6.08 Å². The van der Waals surface area contributed by atoms with Crippen LogP contribution in [0.4, 0.5) is 0 Å². The fourth-order valence-electron chi connectivity index (χ4n) is 7.34. The number of likely N-dealkylation sites (N-methyl/N-ethyl adjacent to an activating group) is 2. The number of Topliss-reactive ketones (excluding diaryl/α,β-unsaturated/α-hetero) is 1. The molecule has 3 aliphatic heterocycles. The Morgan fingerprint density at radius 1 is 1.04 bits per heavy atom. The Morgan fingerprint density at radius 2 is 1.70 bits per heavy atom. The topological polar surface area (TPSA) is 72.9 Å². The van der Waals surface area contributed by atoms with Gasteiger partial charge < -0.3 is 25.3 Å². The van der Waals surface area contributed by atoms with Crippen LogP contribution in [0.25, 0.3) is 23.0 Å². The van der Waals surface area contributed by atoms with Gasteiger partial charge in [-0.15, -0.1) is 31.5 Å². The number of nitrogens with zero attached hydrogens (tertiary/aromatic N) is 4. The summed E-state index contributed by atoms with van der Waals surface area (Å²) in [7, 11) is 6.10. The third kappa shape index (κ3) is 11.8. The van der Waals surface area contributed by atoms with Gasteiger partial charge in [-0.2, -0.15) is 5.70 Å². The standard InChI is InChI=1S/C40H48N3O.C5H14N2.C2H6.Pd/c1-12-17-34-25(8)33(19-18-23(6)44)24(7)29(13-2)20-35-26(9)30(14-3)38(41-35)21-36-27(10)31(15-4)39(42-36)22-37-28(11)32(16-5)40(34)43-37;1-6-4-5-7(2)3;1-2;/h12,14,16,20-22,24,26,30,33H,1,3,5,15,17-19H2,2,4,6-11H3;6H,4-5H2,1-3H3;1-2H3;/q-3;;;/b34-25+,35-20-;;;. The zero-order valence-electron chi connectivity index (χ0n) is 35.7. The molecule has 4 rings (SSSR count). The number of aromatic nitrogens is 1. The van der Waals surface area contributed by atoms with E-state index in [0.29, 0.717) is 12.8 Å². The van der Waals surface area contributed by atoms with Crippen molar-refractivity contribution in [3.63, 3.8) is 0 Å². The van der Waals surface area contributed by atoms with Gasteiger partial charge >= 0.3 is 0 Å². The summed E-state index contributed by atoms with van der Waals surface area (Å²) in [4.78, 5) is 24.8. The zero-order valence-corrected chi connectivity index (χ0v) is 37.2. The van der Waals surface area contributed by atoms with E-state index in [9.17, 15) is 4.79 Å². The molecule has 1 aromatic heterocycles. The van der Waals surface area contributed by atoms with Crippen LogP contribution in [0.2, 0.25) is 0 Å². The molecule has 6 nitrogen and oxygen atoms in total. The summed E-state index contributed by atoms with van der Waals surface area (Å²) in [6.45, 7) is 35.4. The Morgan fingerprint density at radius 3 is 2.20 bits per heavy atom. The second kappa shape index (κ2) is 23.6. The van der Waals surface area contributed by atoms with Crippen LogP contribution in [-0.2, 0) is 25.2 Å². The monoisotopic (exact) mass is 824 g/mol. The van der Waals surface area contributed by atoms with Gasteiger partial charge in [0.25, 0.3) is 0 Å². The maximum atomic E-state index is 12.3. The number of rotatable bonds is 11. The van der Waals surface area contributed by atoms with E-state index in [4.69, 9.17) is 15.3 Å². The van der Waals surface area contributed by atoms with Crippen molar-refractivity contribution in [3.05, 3.63) is 117 Å². The molecule has 1 aromatic rings. The zero-order chi connectivity index (χ0) is 40.0. The molecule has 1 fully saturated rings. The quantitative estimate of drug-likeness (QED) is 0.137. The van der Waals surface area contributed by atoms with E-state index in [-0.39, 0.29) is 49.9 Å². The number of hydrogen-bond acceptors (Lipinski definition) is 4. The minimum Gasteiger partial charge on any atom is -0.679 e. The van der Waals surface area contributed by atoms with Crippen molar-refractivity contribution in [2.75, 3.05) is 34.2 Å². The SMILES string of the molecule is C=CC/C1=C(/C)C(CCC(C)=O)C(C)C(=[C-]C)/C=C2\[N-]/C(=C\C3=NC(=C\c4[n-]c1c(C=C)c4C)/C(CC)=C3C)C(C=C)C2C.CC.CNCCN(C)C.[Pd]. The van der Waals surface area contributed by atoms with Crippen molar-refractivity contribution in [1.29, 1.82) is 0 Å². The molecule has 0 radical (unpaired) electrons. The summed E-state index contributed by atoms with van der Waals surface area (Å²) in [5, 5.41) is 8.24. The first-order chi connectivity index (χ1) is 25.3. The Kier molecular flexibility index (Phi) is 21.2. The molecular weight excluding hydrogens is 757 g/mol. The third-order valence-electron chi connectivity index (χ3n) is 10.6. The summed E-state index contributed by atoms with van der Waals surface area (Å²) >= 11 is 0. The van der Waals surface area contributed by atoms with Crippen LogP contribution < -0.4 is 10.3 Å². The average molecular weight is 826 g/mol. The summed E-state index contributed by atoms with van der Waals surface area (Å²) in [5.74, 6) is 0.656. The van der Waals surface area contributed by atoms with Gasteiger partial charge in [0.05, 0.1) is 11.4 Å². The number of allylic oxidation sites excluding steroid dienone is 11. The molecule has 4 atom stereocenters. The molecule has 4 unspecified atom stereocenters. The van der Waals surface area contributed by atoms with Crippen molar-refractivity contribution in [1.82, 2.24) is 15.2 Å². The first-order valence-corrected chi connectivity index (χ1v) is 19.5. The molecule has 7 heteroatoms. The molecular formula is C47H68N5OPd-3. The van der Waals surface area contributed by atoms with Crippen molar-refractivity contribution in [3.8, 4) is 0 Å².